The van der Waals surface area contributed by atoms with Crippen LogP contribution in [0.25, 0.3) is 0 Å². The number of carbonyl (C=O) groups excluding carboxylic acids is 1. The highest BCUT2D eigenvalue weighted by atomic mass is 35.5. The molecule has 0 aliphatic carbocycles. The lowest BCUT2D eigenvalue weighted by Gasteiger charge is -2.42. The summed E-state index contributed by atoms with van der Waals surface area (Å²) in [5.74, 6) is -0.144. The molecule has 0 unspecified atom stereocenters. The SMILES string of the molecule is O=C(N1CCN(C(c2ccccc2)c2ccccc2)CC1)C(Cl)(c1ccc(Cl)cc1)c1ccc(Cl)cc1. The lowest BCUT2D eigenvalue weighted by Crippen LogP contribution is -2.54. The number of halogens is 3. The van der Waals surface area contributed by atoms with Crippen LogP contribution in [-0.4, -0.2) is 41.9 Å². The van der Waals surface area contributed by atoms with Gasteiger partial charge >= 0.3 is 0 Å². The van der Waals surface area contributed by atoms with E-state index in [4.69, 9.17) is 34.8 Å². The molecule has 4 aromatic carbocycles. The van der Waals surface area contributed by atoms with Crippen LogP contribution in [0.2, 0.25) is 10.0 Å². The Kier molecular flexibility index (Phi) is 7.87. The summed E-state index contributed by atoms with van der Waals surface area (Å²) < 4.78 is 0. The van der Waals surface area contributed by atoms with Crippen LogP contribution in [0.1, 0.15) is 28.3 Å². The van der Waals surface area contributed by atoms with Crippen molar-refractivity contribution in [1.29, 1.82) is 0 Å². The van der Waals surface area contributed by atoms with E-state index in [1.165, 1.54) is 11.1 Å². The van der Waals surface area contributed by atoms with Gasteiger partial charge in [-0.25, -0.2) is 0 Å². The highest BCUT2D eigenvalue weighted by Gasteiger charge is 2.44. The number of amides is 1. The maximum absolute atomic E-state index is 14.1. The Morgan fingerprint density at radius 1 is 0.622 bits per heavy atom. The van der Waals surface area contributed by atoms with Crippen LogP contribution in [0.15, 0.2) is 109 Å². The zero-order chi connectivity index (χ0) is 25.8. The molecule has 3 nitrogen and oxygen atoms in total. The topological polar surface area (TPSA) is 23.6 Å². The number of hydrogen-bond donors (Lipinski definition) is 0. The molecule has 0 spiro atoms. The van der Waals surface area contributed by atoms with Crippen LogP contribution in [-0.2, 0) is 9.67 Å². The van der Waals surface area contributed by atoms with Gasteiger partial charge in [-0.3, -0.25) is 9.69 Å². The zero-order valence-electron chi connectivity index (χ0n) is 20.2. The summed E-state index contributed by atoms with van der Waals surface area (Å²) in [6.45, 7) is 2.61. The predicted octanol–water partition coefficient (Wildman–Crippen LogP) is 7.41. The van der Waals surface area contributed by atoms with Gasteiger partial charge in [-0.05, 0) is 46.5 Å². The molecule has 0 atom stereocenters. The Morgan fingerprint density at radius 3 is 1.43 bits per heavy atom. The maximum atomic E-state index is 14.1. The number of rotatable bonds is 6. The summed E-state index contributed by atoms with van der Waals surface area (Å²) in [4.78, 5) is 17.1. The molecule has 1 amide bonds. The average molecular weight is 550 g/mol. The Morgan fingerprint density at radius 2 is 1.03 bits per heavy atom. The van der Waals surface area contributed by atoms with E-state index in [-0.39, 0.29) is 11.9 Å². The highest BCUT2D eigenvalue weighted by Crippen LogP contribution is 2.40. The number of piperazine rings is 1. The van der Waals surface area contributed by atoms with Crippen molar-refractivity contribution in [3.05, 3.63) is 141 Å². The molecule has 1 fully saturated rings. The molecule has 4 aromatic rings. The highest BCUT2D eigenvalue weighted by molar-refractivity contribution is 6.37. The molecule has 5 rings (SSSR count). The van der Waals surface area contributed by atoms with Crippen molar-refractivity contribution >= 4 is 40.7 Å². The minimum Gasteiger partial charge on any atom is -0.338 e. The molecule has 0 aromatic heterocycles. The van der Waals surface area contributed by atoms with Gasteiger partial charge in [0, 0.05) is 36.2 Å². The quantitative estimate of drug-likeness (QED) is 0.234. The molecule has 1 aliphatic heterocycles. The lowest BCUT2D eigenvalue weighted by atomic mass is 9.88. The molecule has 6 heteroatoms. The first-order valence-electron chi connectivity index (χ1n) is 12.3. The smallest absolute Gasteiger partial charge is 0.252 e. The first-order valence-corrected chi connectivity index (χ1v) is 13.4. The van der Waals surface area contributed by atoms with Crippen molar-refractivity contribution in [3.8, 4) is 0 Å². The van der Waals surface area contributed by atoms with Crippen molar-refractivity contribution < 1.29 is 4.79 Å². The van der Waals surface area contributed by atoms with Crippen molar-refractivity contribution in [3.63, 3.8) is 0 Å². The van der Waals surface area contributed by atoms with Crippen LogP contribution in [0.4, 0.5) is 0 Å². The molecule has 188 valence electrons. The fourth-order valence-electron chi connectivity index (χ4n) is 5.06. The van der Waals surface area contributed by atoms with E-state index in [0.29, 0.717) is 34.3 Å². The fourth-order valence-corrected chi connectivity index (χ4v) is 5.68. The predicted molar refractivity (Wildman–Crippen MR) is 152 cm³/mol. The first-order chi connectivity index (χ1) is 18.0. The standard InChI is InChI=1S/C31H27Cl3N2O/c32-27-15-11-25(12-16-27)31(34,26-13-17-28(33)18-14-26)30(37)36-21-19-35(20-22-36)29(23-7-3-1-4-8-23)24-9-5-2-6-10-24/h1-18,29H,19-22H2. The minimum absolute atomic E-state index is 0.118. The van der Waals surface area contributed by atoms with E-state index < -0.39 is 4.87 Å². The minimum atomic E-state index is -1.38. The van der Waals surface area contributed by atoms with E-state index in [0.717, 1.165) is 13.1 Å². The van der Waals surface area contributed by atoms with Gasteiger partial charge in [0.2, 0.25) is 0 Å². The van der Waals surface area contributed by atoms with Crippen LogP contribution >= 0.6 is 34.8 Å². The molecular weight excluding hydrogens is 523 g/mol. The number of alkyl halides is 1. The van der Waals surface area contributed by atoms with Gasteiger partial charge in [-0.15, -0.1) is 0 Å². The first kappa shape index (κ1) is 25.8. The monoisotopic (exact) mass is 548 g/mol. The number of hydrogen-bond acceptors (Lipinski definition) is 2. The summed E-state index contributed by atoms with van der Waals surface area (Å²) in [5, 5.41) is 1.18. The molecule has 1 aliphatic rings. The second-order valence-corrected chi connectivity index (χ2v) is 10.7. The number of nitrogens with zero attached hydrogens (tertiary/aromatic N) is 2. The van der Waals surface area contributed by atoms with E-state index in [1.54, 1.807) is 24.3 Å². The second-order valence-electron chi connectivity index (χ2n) is 9.22. The van der Waals surface area contributed by atoms with Gasteiger partial charge in [-0.2, -0.15) is 0 Å². The van der Waals surface area contributed by atoms with Gasteiger partial charge in [0.25, 0.3) is 5.91 Å². The maximum Gasteiger partial charge on any atom is 0.252 e. The second kappa shape index (κ2) is 11.3. The molecule has 1 saturated heterocycles. The normalized spacial score (nSPS) is 14.6. The molecular formula is C31H27Cl3N2O. The van der Waals surface area contributed by atoms with Gasteiger partial charge in [0.1, 0.15) is 0 Å². The van der Waals surface area contributed by atoms with Crippen molar-refractivity contribution in [1.82, 2.24) is 9.80 Å². The fraction of sp³-hybridized carbons (Fsp3) is 0.194. The van der Waals surface area contributed by atoms with E-state index >= 15 is 0 Å². The Labute approximate surface area is 233 Å². The van der Waals surface area contributed by atoms with Gasteiger partial charge in [0.05, 0.1) is 6.04 Å². The Hall–Kier alpha value is -2.82. The largest absolute Gasteiger partial charge is 0.338 e. The van der Waals surface area contributed by atoms with Crippen LogP contribution in [0, 0.1) is 0 Å². The third-order valence-electron chi connectivity index (χ3n) is 6.98. The summed E-state index contributed by atoms with van der Waals surface area (Å²) in [7, 11) is 0. The van der Waals surface area contributed by atoms with E-state index in [2.05, 4.69) is 53.4 Å². The summed E-state index contributed by atoms with van der Waals surface area (Å²) in [5.41, 5.74) is 3.84. The van der Waals surface area contributed by atoms with Crippen molar-refractivity contribution in [2.24, 2.45) is 0 Å². The molecule has 0 N–H and O–H groups in total. The molecule has 0 saturated carbocycles. The van der Waals surface area contributed by atoms with Crippen LogP contribution in [0.5, 0.6) is 0 Å². The van der Waals surface area contributed by atoms with Gasteiger partial charge in [-0.1, -0.05) is 120 Å². The molecule has 37 heavy (non-hydrogen) atoms. The van der Waals surface area contributed by atoms with Crippen LogP contribution < -0.4 is 0 Å². The van der Waals surface area contributed by atoms with Gasteiger partial charge < -0.3 is 4.90 Å². The van der Waals surface area contributed by atoms with E-state index in [9.17, 15) is 4.79 Å². The Bertz CT molecular complexity index is 1240. The third kappa shape index (κ3) is 5.42. The summed E-state index contributed by atoms with van der Waals surface area (Å²) >= 11 is 19.6. The molecule has 1 heterocycles. The van der Waals surface area contributed by atoms with Crippen LogP contribution in [0.3, 0.4) is 0 Å². The summed E-state index contributed by atoms with van der Waals surface area (Å²) in [6.07, 6.45) is 0. The van der Waals surface area contributed by atoms with E-state index in [1.807, 2.05) is 41.3 Å². The Balaban J connectivity index is 1.42. The zero-order valence-corrected chi connectivity index (χ0v) is 22.5. The van der Waals surface area contributed by atoms with Gasteiger partial charge in [0.15, 0.2) is 4.87 Å². The third-order valence-corrected chi connectivity index (χ3v) is 8.08. The molecule has 0 bridgehead atoms. The summed E-state index contributed by atoms with van der Waals surface area (Å²) in [6, 6.07) is 35.5. The number of carbonyl (C=O) groups is 1. The van der Waals surface area contributed by atoms with Crippen molar-refractivity contribution in [2.45, 2.75) is 10.9 Å². The lowest BCUT2D eigenvalue weighted by molar-refractivity contribution is -0.135. The average Bonchev–Trinajstić information content (AvgIpc) is 2.95. The van der Waals surface area contributed by atoms with Crippen molar-refractivity contribution in [2.75, 3.05) is 26.2 Å². The number of benzene rings is 4. The molecule has 0 radical (unpaired) electrons.